The van der Waals surface area contributed by atoms with Crippen LogP contribution in [0.2, 0.25) is 0 Å². The molecule has 0 amide bonds. The SMILES string of the molecule is CC(F)(F)S(=O)(=O)OC(F)(F)F. The molecule has 0 heterocycles. The third kappa shape index (κ3) is 3.30. The lowest BCUT2D eigenvalue weighted by Gasteiger charge is -2.12. The molecule has 0 saturated carbocycles. The molecule has 0 saturated heterocycles. The highest BCUT2D eigenvalue weighted by Gasteiger charge is 2.49. The quantitative estimate of drug-likeness (QED) is 0.516. The maximum Gasteiger partial charge on any atom is 0.537 e. The van der Waals surface area contributed by atoms with Crippen LogP contribution < -0.4 is 0 Å². The van der Waals surface area contributed by atoms with E-state index < -0.39 is 21.7 Å². The molecule has 0 unspecified atom stereocenters. The summed E-state index contributed by atoms with van der Waals surface area (Å²) >= 11 is 0. The van der Waals surface area contributed by atoms with Crippen LogP contribution in [0.1, 0.15) is 6.92 Å². The van der Waals surface area contributed by atoms with E-state index in [1.54, 1.807) is 0 Å². The van der Waals surface area contributed by atoms with Gasteiger partial charge in [-0.05, 0) is 0 Å². The Balaban J connectivity index is 4.70. The van der Waals surface area contributed by atoms with Crippen LogP contribution in [0.3, 0.4) is 0 Å². The standard InChI is InChI=1S/C3H3F5O3S/c1-2(4,5)12(9,10)11-3(6,7)8/h1H3. The van der Waals surface area contributed by atoms with Crippen molar-refractivity contribution in [3.8, 4) is 0 Å². The van der Waals surface area contributed by atoms with Crippen LogP contribution in [0.4, 0.5) is 22.0 Å². The predicted octanol–water partition coefficient (Wildman–Crippen LogP) is 1.47. The third-order valence-electron chi connectivity index (χ3n) is 0.643. The lowest BCUT2D eigenvalue weighted by atomic mass is 10.9. The summed E-state index contributed by atoms with van der Waals surface area (Å²) in [6.07, 6.45) is -5.63. The molecule has 0 rings (SSSR count). The van der Waals surface area contributed by atoms with Crippen molar-refractivity contribution in [2.75, 3.05) is 0 Å². The Labute approximate surface area is 64.2 Å². The van der Waals surface area contributed by atoms with Crippen LogP contribution in [0.25, 0.3) is 0 Å². The molecule has 0 aliphatic rings. The summed E-state index contributed by atoms with van der Waals surface area (Å²) in [7, 11) is -5.91. The first kappa shape index (κ1) is 11.6. The van der Waals surface area contributed by atoms with E-state index in [0.29, 0.717) is 0 Å². The van der Waals surface area contributed by atoms with E-state index in [-0.39, 0.29) is 6.92 Å². The van der Waals surface area contributed by atoms with Crippen LogP contribution in [0, 0.1) is 0 Å². The van der Waals surface area contributed by atoms with E-state index >= 15 is 0 Å². The van der Waals surface area contributed by atoms with Gasteiger partial charge in [-0.15, -0.1) is 13.2 Å². The van der Waals surface area contributed by atoms with Crippen molar-refractivity contribution >= 4 is 10.1 Å². The summed E-state index contributed by atoms with van der Waals surface area (Å²) in [4.78, 5) is 0. The fourth-order valence-corrected chi connectivity index (χ4v) is 0.593. The fourth-order valence-electron chi connectivity index (χ4n) is 0.198. The smallest absolute Gasteiger partial charge is 0.193 e. The number of hydrogen-bond donors (Lipinski definition) is 0. The summed E-state index contributed by atoms with van der Waals surface area (Å²) < 4.78 is 79.2. The average Bonchev–Trinajstić information content (AvgIpc) is 1.52. The summed E-state index contributed by atoms with van der Waals surface area (Å²) in [5, 5.41) is -4.57. The normalized spacial score (nSPS) is 14.8. The van der Waals surface area contributed by atoms with Gasteiger partial charge in [0.1, 0.15) is 0 Å². The molecule has 3 nitrogen and oxygen atoms in total. The summed E-state index contributed by atoms with van der Waals surface area (Å²) in [6, 6.07) is 0. The molecule has 0 fully saturated rings. The Morgan fingerprint density at radius 3 is 1.50 bits per heavy atom. The number of hydrogen-bond acceptors (Lipinski definition) is 3. The molecule has 0 N–H and O–H groups in total. The van der Waals surface area contributed by atoms with E-state index in [2.05, 4.69) is 4.18 Å². The Bertz CT molecular complexity index is 246. The fraction of sp³-hybridized carbons (Fsp3) is 1.00. The monoisotopic (exact) mass is 214 g/mol. The highest BCUT2D eigenvalue weighted by atomic mass is 32.2. The Morgan fingerprint density at radius 2 is 1.42 bits per heavy atom. The molecule has 0 bridgehead atoms. The second-order valence-corrected chi connectivity index (χ2v) is 3.58. The zero-order valence-corrected chi connectivity index (χ0v) is 6.34. The molecule has 0 atom stereocenters. The van der Waals surface area contributed by atoms with Crippen molar-refractivity contribution in [3.05, 3.63) is 0 Å². The summed E-state index contributed by atoms with van der Waals surface area (Å²) in [5.74, 6) is 0. The van der Waals surface area contributed by atoms with Crippen LogP contribution in [0.15, 0.2) is 0 Å². The number of rotatable bonds is 2. The van der Waals surface area contributed by atoms with Gasteiger partial charge in [0.05, 0.1) is 0 Å². The maximum absolute atomic E-state index is 11.8. The third-order valence-corrected chi connectivity index (χ3v) is 1.93. The summed E-state index contributed by atoms with van der Waals surface area (Å²) in [5.41, 5.74) is 0. The molecule has 0 spiro atoms. The van der Waals surface area contributed by atoms with Gasteiger partial charge < -0.3 is 0 Å². The van der Waals surface area contributed by atoms with Crippen molar-refractivity contribution in [2.24, 2.45) is 0 Å². The molecule has 0 aromatic heterocycles. The van der Waals surface area contributed by atoms with Gasteiger partial charge in [0.2, 0.25) is 0 Å². The molecular weight excluding hydrogens is 211 g/mol. The van der Waals surface area contributed by atoms with Crippen molar-refractivity contribution in [1.82, 2.24) is 0 Å². The lowest BCUT2D eigenvalue weighted by molar-refractivity contribution is -0.274. The van der Waals surface area contributed by atoms with Gasteiger partial charge in [0.15, 0.2) is 0 Å². The van der Waals surface area contributed by atoms with E-state index in [1.165, 1.54) is 0 Å². The van der Waals surface area contributed by atoms with E-state index in [4.69, 9.17) is 0 Å². The Morgan fingerprint density at radius 1 is 1.08 bits per heavy atom. The Hall–Kier alpha value is -0.440. The molecule has 9 heteroatoms. The van der Waals surface area contributed by atoms with Gasteiger partial charge in [0.25, 0.3) is 0 Å². The van der Waals surface area contributed by atoms with Crippen molar-refractivity contribution in [2.45, 2.75) is 18.5 Å². The van der Waals surface area contributed by atoms with E-state index in [9.17, 15) is 30.4 Å². The zero-order valence-electron chi connectivity index (χ0n) is 5.52. The van der Waals surface area contributed by atoms with Gasteiger partial charge in [-0.3, -0.25) is 0 Å². The van der Waals surface area contributed by atoms with Gasteiger partial charge >= 0.3 is 21.7 Å². The maximum atomic E-state index is 11.8. The zero-order chi connectivity index (χ0) is 10.2. The van der Waals surface area contributed by atoms with Crippen LogP contribution in [-0.4, -0.2) is 20.0 Å². The average molecular weight is 214 g/mol. The first-order valence-electron chi connectivity index (χ1n) is 2.35. The topological polar surface area (TPSA) is 43.4 Å². The van der Waals surface area contributed by atoms with E-state index in [0.717, 1.165) is 0 Å². The number of halogens is 5. The molecule has 0 aromatic carbocycles. The molecule has 0 aliphatic carbocycles. The van der Waals surface area contributed by atoms with E-state index in [1.807, 2.05) is 0 Å². The lowest BCUT2D eigenvalue weighted by Crippen LogP contribution is -2.32. The predicted molar refractivity (Wildman–Crippen MR) is 26.7 cm³/mol. The van der Waals surface area contributed by atoms with Crippen molar-refractivity contribution in [3.63, 3.8) is 0 Å². The summed E-state index contributed by atoms with van der Waals surface area (Å²) in [6.45, 7) is -0.214. The first-order valence-corrected chi connectivity index (χ1v) is 3.76. The minimum absolute atomic E-state index is 0.214. The van der Waals surface area contributed by atoms with Gasteiger partial charge in [-0.1, -0.05) is 0 Å². The second-order valence-electron chi connectivity index (χ2n) is 1.79. The minimum Gasteiger partial charge on any atom is -0.193 e. The molecule has 74 valence electrons. The molecule has 0 radical (unpaired) electrons. The highest BCUT2D eigenvalue weighted by molar-refractivity contribution is 7.87. The first-order chi connectivity index (χ1) is 4.96. The minimum atomic E-state index is -5.91. The van der Waals surface area contributed by atoms with Crippen molar-refractivity contribution < 1.29 is 34.6 Å². The number of alkyl halides is 5. The molecule has 0 aliphatic heterocycles. The molecule has 12 heavy (non-hydrogen) atoms. The van der Waals surface area contributed by atoms with Crippen LogP contribution in [0.5, 0.6) is 0 Å². The van der Waals surface area contributed by atoms with Crippen LogP contribution >= 0.6 is 0 Å². The highest BCUT2D eigenvalue weighted by Crippen LogP contribution is 2.29. The van der Waals surface area contributed by atoms with Crippen LogP contribution in [-0.2, 0) is 14.3 Å². The molecular formula is C3H3F5O3S. The largest absolute Gasteiger partial charge is 0.537 e. The van der Waals surface area contributed by atoms with Gasteiger partial charge in [-0.25, -0.2) is 0 Å². The van der Waals surface area contributed by atoms with Gasteiger partial charge in [-0.2, -0.15) is 21.4 Å². The van der Waals surface area contributed by atoms with Crippen molar-refractivity contribution in [1.29, 1.82) is 0 Å². The Kier molecular flexibility index (Phi) is 2.70. The van der Waals surface area contributed by atoms with Gasteiger partial charge in [0, 0.05) is 6.92 Å². The molecule has 0 aromatic rings. The second kappa shape index (κ2) is 2.80.